The number of pyridine rings is 2. The molecule has 0 saturated heterocycles. The maximum Gasteiger partial charge on any atom is 0.407 e. The largest absolute Gasteiger partial charge is 0.493 e. The number of nitrogens with zero attached hydrogens (tertiary/aromatic N) is 2. The minimum Gasteiger partial charge on any atom is -0.493 e. The third-order valence-electron chi connectivity index (χ3n) is 5.70. The zero-order valence-electron chi connectivity index (χ0n) is 21.2. The summed E-state index contributed by atoms with van der Waals surface area (Å²) in [6.07, 6.45) is 3.79. The lowest BCUT2D eigenvalue weighted by Crippen LogP contribution is -2.38. The van der Waals surface area contributed by atoms with E-state index in [1.165, 1.54) is 0 Å². The van der Waals surface area contributed by atoms with Gasteiger partial charge in [-0.15, -0.1) is 0 Å². The predicted molar refractivity (Wildman–Crippen MR) is 137 cm³/mol. The minimum absolute atomic E-state index is 0.0621. The molecule has 0 fully saturated rings. The number of rotatable bonds is 7. The predicted octanol–water partition coefficient (Wildman–Crippen LogP) is 5.36. The van der Waals surface area contributed by atoms with Gasteiger partial charge in [-0.25, -0.2) is 4.79 Å². The average Bonchev–Trinajstić information content (AvgIpc) is 2.73. The standard InChI is InChI=1S/C27H35N3O4/c1-9-19-13-21-20-10-11-28-18(4)24(20)25(31)30(8)22(21)14-23(19)33-15-16(2)12-17(3)29-26(32)34-27(5,6)7/h9-11,13-14,16-17H,1,12,15H2,2-8H3,(H,29,32). The summed E-state index contributed by atoms with van der Waals surface area (Å²) in [6.45, 7) is 15.8. The summed E-state index contributed by atoms with van der Waals surface area (Å²) in [4.78, 5) is 29.3. The van der Waals surface area contributed by atoms with Crippen molar-refractivity contribution in [1.29, 1.82) is 0 Å². The van der Waals surface area contributed by atoms with Gasteiger partial charge in [0.2, 0.25) is 0 Å². The number of ether oxygens (including phenoxy) is 2. The Morgan fingerprint density at radius 1 is 1.26 bits per heavy atom. The molecule has 7 nitrogen and oxygen atoms in total. The molecule has 2 unspecified atom stereocenters. The highest BCUT2D eigenvalue weighted by Crippen LogP contribution is 2.31. The van der Waals surface area contributed by atoms with Gasteiger partial charge in [0.1, 0.15) is 11.4 Å². The van der Waals surface area contributed by atoms with Crippen LogP contribution in [0.1, 0.15) is 52.3 Å². The molecule has 0 aliphatic rings. The fourth-order valence-corrected chi connectivity index (χ4v) is 4.17. The van der Waals surface area contributed by atoms with Crippen LogP contribution in [0.15, 0.2) is 35.8 Å². The molecule has 1 aromatic carbocycles. The van der Waals surface area contributed by atoms with Gasteiger partial charge in [-0.05, 0) is 64.5 Å². The molecule has 7 heteroatoms. The van der Waals surface area contributed by atoms with Gasteiger partial charge in [-0.3, -0.25) is 9.78 Å². The van der Waals surface area contributed by atoms with E-state index in [4.69, 9.17) is 9.47 Å². The number of aryl methyl sites for hydroxylation is 2. The Kier molecular flexibility index (Phi) is 7.34. The number of carbonyl (C=O) groups excluding carboxylic acids is 1. The fraction of sp³-hybridized carbons (Fsp3) is 0.444. The third kappa shape index (κ3) is 5.58. The third-order valence-corrected chi connectivity index (χ3v) is 5.70. The van der Waals surface area contributed by atoms with Crippen LogP contribution in [-0.2, 0) is 11.8 Å². The van der Waals surface area contributed by atoms with E-state index < -0.39 is 11.7 Å². The maximum atomic E-state index is 13.0. The van der Waals surface area contributed by atoms with Gasteiger partial charge in [0.15, 0.2) is 0 Å². The molecule has 2 atom stereocenters. The van der Waals surface area contributed by atoms with Gasteiger partial charge in [0.05, 0.1) is 23.2 Å². The second-order valence-corrected chi connectivity index (χ2v) is 9.99. The highest BCUT2D eigenvalue weighted by Gasteiger charge is 2.19. The van der Waals surface area contributed by atoms with E-state index in [0.717, 1.165) is 28.3 Å². The molecule has 182 valence electrons. The summed E-state index contributed by atoms with van der Waals surface area (Å²) in [5.74, 6) is 0.842. The van der Waals surface area contributed by atoms with Crippen molar-refractivity contribution < 1.29 is 14.3 Å². The Balaban J connectivity index is 1.80. The number of aromatic nitrogens is 2. The van der Waals surface area contributed by atoms with E-state index in [0.29, 0.717) is 23.4 Å². The van der Waals surface area contributed by atoms with Crippen molar-refractivity contribution in [3.8, 4) is 5.75 Å². The molecule has 0 bridgehead atoms. The number of nitrogens with one attached hydrogen (secondary N) is 1. The van der Waals surface area contributed by atoms with E-state index in [9.17, 15) is 9.59 Å². The van der Waals surface area contributed by atoms with E-state index in [1.54, 1.807) is 23.9 Å². The topological polar surface area (TPSA) is 82.5 Å². The van der Waals surface area contributed by atoms with Crippen molar-refractivity contribution >= 4 is 33.8 Å². The molecule has 0 aliphatic carbocycles. The monoisotopic (exact) mass is 465 g/mol. The van der Waals surface area contributed by atoms with Gasteiger partial charge < -0.3 is 19.4 Å². The van der Waals surface area contributed by atoms with Gasteiger partial charge in [-0.2, -0.15) is 0 Å². The van der Waals surface area contributed by atoms with E-state index >= 15 is 0 Å². The highest BCUT2D eigenvalue weighted by atomic mass is 16.6. The number of hydrogen-bond acceptors (Lipinski definition) is 5. The van der Waals surface area contributed by atoms with Crippen molar-refractivity contribution in [3.05, 3.63) is 52.6 Å². The minimum atomic E-state index is -0.531. The highest BCUT2D eigenvalue weighted by molar-refractivity contribution is 6.07. The second-order valence-electron chi connectivity index (χ2n) is 9.99. The molecule has 3 rings (SSSR count). The van der Waals surface area contributed by atoms with Crippen LogP contribution in [0.2, 0.25) is 0 Å². The first-order valence-electron chi connectivity index (χ1n) is 11.6. The zero-order chi connectivity index (χ0) is 25.2. The van der Waals surface area contributed by atoms with Gasteiger partial charge in [-0.1, -0.05) is 19.6 Å². The molecule has 2 heterocycles. The first-order valence-corrected chi connectivity index (χ1v) is 11.6. The van der Waals surface area contributed by atoms with Gasteiger partial charge >= 0.3 is 6.09 Å². The Morgan fingerprint density at radius 3 is 2.62 bits per heavy atom. The van der Waals surface area contributed by atoms with Crippen LogP contribution in [0.25, 0.3) is 27.8 Å². The summed E-state index contributed by atoms with van der Waals surface area (Å²) in [7, 11) is 1.76. The van der Waals surface area contributed by atoms with Crippen LogP contribution < -0.4 is 15.6 Å². The smallest absolute Gasteiger partial charge is 0.407 e. The first kappa shape index (κ1) is 25.3. The van der Waals surface area contributed by atoms with E-state index in [1.807, 2.05) is 52.8 Å². The van der Waals surface area contributed by atoms with Crippen molar-refractivity contribution in [2.75, 3.05) is 6.61 Å². The number of amides is 1. The van der Waals surface area contributed by atoms with Crippen LogP contribution in [0.5, 0.6) is 5.75 Å². The second kappa shape index (κ2) is 9.87. The molecule has 1 N–H and O–H groups in total. The molecular formula is C27H35N3O4. The Hall–Kier alpha value is -3.35. The van der Waals surface area contributed by atoms with Crippen molar-refractivity contribution in [2.24, 2.45) is 13.0 Å². The quantitative estimate of drug-likeness (QED) is 0.475. The van der Waals surface area contributed by atoms with Gasteiger partial charge in [0.25, 0.3) is 5.56 Å². The number of hydrogen-bond donors (Lipinski definition) is 1. The summed E-state index contributed by atoms with van der Waals surface area (Å²) in [6, 6.07) is 5.72. The summed E-state index contributed by atoms with van der Waals surface area (Å²) in [5.41, 5.74) is 1.74. The van der Waals surface area contributed by atoms with Crippen LogP contribution in [0, 0.1) is 12.8 Å². The molecule has 3 aromatic rings. The average molecular weight is 466 g/mol. The molecule has 2 aromatic heterocycles. The Bertz CT molecular complexity index is 1290. The molecule has 0 aliphatic heterocycles. The molecule has 34 heavy (non-hydrogen) atoms. The number of carbonyl (C=O) groups is 1. The lowest BCUT2D eigenvalue weighted by Gasteiger charge is -2.23. The van der Waals surface area contributed by atoms with Crippen LogP contribution in [0.3, 0.4) is 0 Å². The molecule has 1 amide bonds. The SMILES string of the molecule is C=Cc1cc2c3ccnc(C)c3c(=O)n(C)c2cc1OCC(C)CC(C)NC(=O)OC(C)(C)C. The first-order chi connectivity index (χ1) is 15.9. The zero-order valence-corrected chi connectivity index (χ0v) is 21.2. The summed E-state index contributed by atoms with van der Waals surface area (Å²) < 4.78 is 13.1. The molecule has 0 radical (unpaired) electrons. The molecular weight excluding hydrogens is 430 g/mol. The Labute approximate surface area is 200 Å². The number of benzene rings is 1. The van der Waals surface area contributed by atoms with Crippen molar-refractivity contribution in [2.45, 2.75) is 59.6 Å². The molecule has 0 saturated carbocycles. The fourth-order valence-electron chi connectivity index (χ4n) is 4.17. The van der Waals surface area contributed by atoms with Crippen LogP contribution in [-0.4, -0.2) is 33.9 Å². The normalized spacial score (nSPS) is 13.5. The van der Waals surface area contributed by atoms with Gasteiger partial charge in [0, 0.05) is 36.3 Å². The van der Waals surface area contributed by atoms with Crippen LogP contribution >= 0.6 is 0 Å². The maximum absolute atomic E-state index is 13.0. The number of fused-ring (bicyclic) bond motifs is 3. The van der Waals surface area contributed by atoms with Crippen molar-refractivity contribution in [1.82, 2.24) is 14.9 Å². The van der Waals surface area contributed by atoms with E-state index in [-0.39, 0.29) is 17.5 Å². The summed E-state index contributed by atoms with van der Waals surface area (Å²) >= 11 is 0. The van der Waals surface area contributed by atoms with Crippen LogP contribution in [0.4, 0.5) is 4.79 Å². The van der Waals surface area contributed by atoms with E-state index in [2.05, 4.69) is 23.8 Å². The lowest BCUT2D eigenvalue weighted by atomic mass is 10.0. The molecule has 0 spiro atoms. The Morgan fingerprint density at radius 2 is 1.97 bits per heavy atom. The number of alkyl carbamates (subject to hydrolysis) is 1. The lowest BCUT2D eigenvalue weighted by molar-refractivity contribution is 0.0500. The summed E-state index contributed by atoms with van der Waals surface area (Å²) in [5, 5.41) is 5.32. The van der Waals surface area contributed by atoms with Crippen molar-refractivity contribution in [3.63, 3.8) is 0 Å².